The normalized spacial score (nSPS) is 29.1. The van der Waals surface area contributed by atoms with Gasteiger partial charge in [0.15, 0.2) is 0 Å². The summed E-state index contributed by atoms with van der Waals surface area (Å²) < 4.78 is 26.1. The molecule has 0 aromatic carbocycles. The molecule has 382 valence electrons. The van der Waals surface area contributed by atoms with Crippen molar-refractivity contribution < 1.29 is 38.1 Å². The number of rotatable bonds is 0. The van der Waals surface area contributed by atoms with Crippen LogP contribution in [0.3, 0.4) is 0 Å². The van der Waals surface area contributed by atoms with Crippen molar-refractivity contribution in [3.05, 3.63) is 69.3 Å². The zero-order valence-corrected chi connectivity index (χ0v) is 42.2. The van der Waals surface area contributed by atoms with Crippen LogP contribution < -0.4 is 0 Å². The summed E-state index contributed by atoms with van der Waals surface area (Å²) in [7, 11) is 0. The Hall–Kier alpha value is -5.52. The molecule has 12 nitrogen and oxygen atoms in total. The molecule has 0 unspecified atom stereocenters. The first-order valence-electron chi connectivity index (χ1n) is 28.3. The Kier molecular flexibility index (Phi) is 15.1. The highest BCUT2D eigenvalue weighted by molar-refractivity contribution is 5.85. The lowest BCUT2D eigenvalue weighted by molar-refractivity contribution is -0.153. The first kappa shape index (κ1) is 48.7. The highest BCUT2D eigenvalue weighted by Gasteiger charge is 2.39. The molecule has 12 heteroatoms. The molecule has 3 aromatic heterocycles. The Morgan fingerprint density at radius 2 is 0.556 bits per heavy atom. The van der Waals surface area contributed by atoms with Crippen molar-refractivity contribution >= 4 is 70.2 Å². The Morgan fingerprint density at radius 1 is 0.319 bits per heavy atom. The van der Waals surface area contributed by atoms with Crippen molar-refractivity contribution in [2.75, 3.05) is 0 Å². The van der Waals surface area contributed by atoms with E-state index < -0.39 is 0 Å². The molecule has 72 heavy (non-hydrogen) atoms. The van der Waals surface area contributed by atoms with E-state index in [1.54, 1.807) is 0 Å². The Labute approximate surface area is 423 Å². The average molecular weight is 979 g/mol. The molecule has 7 heterocycles. The molecule has 0 amide bonds. The predicted octanol–water partition coefficient (Wildman–Crippen LogP) is 13.6. The minimum Gasteiger partial charge on any atom is -0.462 e. The number of carbonyl (C=O) groups excluding carboxylic acids is 4. The van der Waals surface area contributed by atoms with Crippen LogP contribution in [-0.2, 0) is 38.1 Å². The molecular weight excluding hydrogens is 905 g/mol. The maximum Gasteiger partial charge on any atom is 0.306 e. The van der Waals surface area contributed by atoms with Gasteiger partial charge in [0.1, 0.15) is 24.4 Å². The zero-order valence-electron chi connectivity index (χ0n) is 42.2. The van der Waals surface area contributed by atoms with Crippen LogP contribution in [0.4, 0.5) is 0 Å². The second-order valence-electron chi connectivity index (χ2n) is 22.2. The standard InChI is InChI=1S/C60H74N4O8/c65-53-25-5-1-2-6-26-54(66)70-50-22-14-10-18-38(50)58-42-30-29-41(61-42)57(37-17-9-13-21-49(37)69-53)45-33-34-47(63-45)59-39-19-11-15-23-51(39)71-55(67)27-7-3-4-8-28-56(68)72-52-24-16-12-20-40(52)60(44-32-31-43(59)62-44)48-36-35-46(58)64-48/h29-40,49-52,63-64H,1-28H2/t37-,38-,39-,40-,49-,50-,51-,52-/m1/s1. The summed E-state index contributed by atoms with van der Waals surface area (Å²) in [4.78, 5) is 74.1. The van der Waals surface area contributed by atoms with Crippen LogP contribution in [0.5, 0.6) is 0 Å². The van der Waals surface area contributed by atoms with E-state index in [0.29, 0.717) is 25.7 Å². The van der Waals surface area contributed by atoms with Gasteiger partial charge in [0, 0.05) is 93.7 Å². The van der Waals surface area contributed by atoms with E-state index in [9.17, 15) is 19.2 Å². The topological polar surface area (TPSA) is 163 Å². The fraction of sp³-hybridized carbons (Fsp3) is 0.600. The predicted molar refractivity (Wildman–Crippen MR) is 279 cm³/mol. The molecule has 2 N–H and O–H groups in total. The number of esters is 4. The summed E-state index contributed by atoms with van der Waals surface area (Å²) in [6.45, 7) is 0. The van der Waals surface area contributed by atoms with Gasteiger partial charge in [0.25, 0.3) is 0 Å². The second-order valence-corrected chi connectivity index (χ2v) is 22.2. The summed E-state index contributed by atoms with van der Waals surface area (Å²) in [5.74, 6) is -1.11. The van der Waals surface area contributed by atoms with E-state index in [2.05, 4.69) is 58.5 Å². The molecule has 4 aliphatic carbocycles. The summed E-state index contributed by atoms with van der Waals surface area (Å²) in [6.07, 6.45) is 29.4. The number of hydrogen-bond donors (Lipinski definition) is 2. The van der Waals surface area contributed by atoms with Crippen molar-refractivity contribution in [1.29, 1.82) is 0 Å². The average Bonchev–Trinajstić information content (AvgIpc) is 4.24. The van der Waals surface area contributed by atoms with Crippen LogP contribution in [0.15, 0.2) is 24.3 Å². The summed E-state index contributed by atoms with van der Waals surface area (Å²) in [5, 5.41) is 0. The first-order chi connectivity index (χ1) is 35.3. The summed E-state index contributed by atoms with van der Waals surface area (Å²) in [5.41, 5.74) is 11.1. The SMILES string of the molecule is O=C1CCCCCCC(=O)O[C@@H]2CCCC[C@H]2c2c3nc(c(c4ccc([nH]4)c4c5nc(c(c6ccc2[nH]6)[C@@H]2CCCC[C@H]2OC(=O)CCCCCCC(=O)O[C@@H]2CCCC[C@@H]42)C=C5)[C@@H]2CCCC[C@H]2O1)C=C3. The van der Waals surface area contributed by atoms with E-state index in [-0.39, 0.29) is 72.0 Å². The molecule has 0 saturated heterocycles. The fourth-order valence-electron chi connectivity index (χ4n) is 13.8. The number of carbonyl (C=O) groups is 4. The monoisotopic (exact) mass is 979 g/mol. The van der Waals surface area contributed by atoms with Gasteiger partial charge in [-0.3, -0.25) is 19.2 Å². The Morgan fingerprint density at radius 3 is 0.806 bits per heavy atom. The third kappa shape index (κ3) is 10.6. The number of ether oxygens (including phenoxy) is 4. The van der Waals surface area contributed by atoms with E-state index >= 15 is 0 Å². The molecule has 0 spiro atoms. The number of aromatic nitrogens is 4. The highest BCUT2D eigenvalue weighted by atomic mass is 16.6. The third-order valence-corrected chi connectivity index (χ3v) is 17.4. The Balaban J connectivity index is 1.21. The van der Waals surface area contributed by atoms with Gasteiger partial charge in [-0.05, 0) is 151 Å². The highest BCUT2D eigenvalue weighted by Crippen LogP contribution is 2.46. The van der Waals surface area contributed by atoms with E-state index in [1.165, 1.54) is 0 Å². The number of nitrogens with one attached hydrogen (secondary N) is 2. The van der Waals surface area contributed by atoms with Gasteiger partial charge in [-0.15, -0.1) is 0 Å². The van der Waals surface area contributed by atoms with Crippen LogP contribution in [0.1, 0.15) is 248 Å². The van der Waals surface area contributed by atoms with Crippen molar-refractivity contribution in [2.45, 2.75) is 228 Å². The molecule has 0 radical (unpaired) electrons. The number of hydrogen-bond acceptors (Lipinski definition) is 10. The van der Waals surface area contributed by atoms with Gasteiger partial charge in [-0.2, -0.15) is 0 Å². The van der Waals surface area contributed by atoms with Gasteiger partial charge in [0.05, 0.1) is 22.8 Å². The van der Waals surface area contributed by atoms with Crippen molar-refractivity contribution in [3.8, 4) is 0 Å². The van der Waals surface area contributed by atoms with Gasteiger partial charge in [-0.1, -0.05) is 51.4 Å². The molecular formula is C60H74N4O8. The zero-order chi connectivity index (χ0) is 49.0. The lowest BCUT2D eigenvalue weighted by Gasteiger charge is -2.32. The minimum absolute atomic E-state index is 0.108. The molecule has 3 aromatic rings. The first-order valence-corrected chi connectivity index (χ1v) is 28.3. The van der Waals surface area contributed by atoms with E-state index in [4.69, 9.17) is 28.9 Å². The third-order valence-electron chi connectivity index (χ3n) is 17.4. The van der Waals surface area contributed by atoms with E-state index in [1.807, 2.05) is 0 Å². The molecule has 11 rings (SSSR count). The van der Waals surface area contributed by atoms with Crippen LogP contribution in [0.2, 0.25) is 0 Å². The maximum absolute atomic E-state index is 13.7. The molecule has 4 fully saturated rings. The molecule has 4 aliphatic heterocycles. The quantitative estimate of drug-likeness (QED) is 0.113. The smallest absolute Gasteiger partial charge is 0.306 e. The lowest BCUT2D eigenvalue weighted by atomic mass is 9.80. The molecule has 12 bridgehead atoms. The molecule has 8 atom stereocenters. The number of H-pyrrole nitrogens is 2. The summed E-state index contributed by atoms with van der Waals surface area (Å²) >= 11 is 0. The van der Waals surface area contributed by atoms with Gasteiger partial charge < -0.3 is 28.9 Å². The van der Waals surface area contributed by atoms with Crippen molar-refractivity contribution in [3.63, 3.8) is 0 Å². The van der Waals surface area contributed by atoms with Crippen molar-refractivity contribution in [2.24, 2.45) is 0 Å². The van der Waals surface area contributed by atoms with Gasteiger partial charge in [0.2, 0.25) is 0 Å². The largest absolute Gasteiger partial charge is 0.462 e. The second kappa shape index (κ2) is 22.3. The molecule has 4 saturated carbocycles. The fourth-order valence-corrected chi connectivity index (χ4v) is 13.8. The van der Waals surface area contributed by atoms with Crippen LogP contribution in [0, 0.1) is 0 Å². The molecule has 8 aliphatic rings. The van der Waals surface area contributed by atoms with Crippen LogP contribution in [-0.4, -0.2) is 68.2 Å². The Bertz CT molecular complexity index is 2390. The van der Waals surface area contributed by atoms with E-state index in [0.717, 1.165) is 221 Å². The number of fused-ring (bicyclic) bond motifs is 16. The van der Waals surface area contributed by atoms with Crippen LogP contribution in [0.25, 0.3) is 46.4 Å². The summed E-state index contributed by atoms with van der Waals surface area (Å²) in [6, 6.07) is 8.69. The van der Waals surface area contributed by atoms with Crippen LogP contribution >= 0.6 is 0 Å². The number of nitrogens with zero attached hydrogens (tertiary/aromatic N) is 2. The van der Waals surface area contributed by atoms with Gasteiger partial charge in [-0.25, -0.2) is 9.97 Å². The van der Waals surface area contributed by atoms with Gasteiger partial charge >= 0.3 is 23.9 Å². The maximum atomic E-state index is 13.7. The number of aromatic amines is 2. The van der Waals surface area contributed by atoms with Crippen molar-refractivity contribution in [1.82, 2.24) is 19.9 Å². The lowest BCUT2D eigenvalue weighted by Crippen LogP contribution is -2.29. The minimum atomic E-state index is -0.310.